The van der Waals surface area contributed by atoms with Crippen LogP contribution in [0.3, 0.4) is 0 Å². The minimum Gasteiger partial charge on any atom is -0.666 e. The molecule has 2 rings (SSSR count). The zero-order valence-electron chi connectivity index (χ0n) is 11.2. The van der Waals surface area contributed by atoms with Gasteiger partial charge in [-0.25, -0.2) is 0 Å². The third-order valence-electron chi connectivity index (χ3n) is 2.95. The molecular weight excluding hydrogens is 585 g/mol. The number of rotatable bonds is 2. The Hall–Kier alpha value is -0.445. The van der Waals surface area contributed by atoms with Crippen LogP contribution in [0.4, 0.5) is 0 Å². The average molecular weight is 602 g/mol. The Kier molecular flexibility index (Phi) is 6.66. The van der Waals surface area contributed by atoms with Gasteiger partial charge < -0.3 is 15.1 Å². The van der Waals surface area contributed by atoms with Gasteiger partial charge in [-0.3, -0.25) is 0 Å². The van der Waals surface area contributed by atoms with Crippen LogP contribution in [0.25, 0.3) is 16.6 Å². The Balaban J connectivity index is 0.00000162. The van der Waals surface area contributed by atoms with E-state index in [2.05, 4.69) is 32.9 Å². The van der Waals surface area contributed by atoms with Gasteiger partial charge in [0.25, 0.3) is 0 Å². The summed E-state index contributed by atoms with van der Waals surface area (Å²) < 4.78 is 1.82. The van der Waals surface area contributed by atoms with Crippen LogP contribution in [-0.2, 0) is 57.6 Å². The smallest absolute Gasteiger partial charge is 0.0689 e. The molecule has 0 atom stereocenters. The number of aromatic nitrogens is 1. The molecule has 1 aromatic heterocycles. The van der Waals surface area contributed by atoms with Gasteiger partial charge in [-0.15, -0.1) is 0 Å². The molecule has 0 bridgehead atoms. The number of benzene rings is 1. The summed E-state index contributed by atoms with van der Waals surface area (Å²) in [5.74, 6) is -0.567. The van der Waals surface area contributed by atoms with Crippen molar-refractivity contribution in [2.75, 3.05) is 0 Å². The Morgan fingerprint density at radius 3 is 2.37 bits per heavy atom. The molecule has 1 heterocycles. The van der Waals surface area contributed by atoms with E-state index >= 15 is 0 Å². The first-order valence-corrected chi connectivity index (χ1v) is 5.72. The summed E-state index contributed by atoms with van der Waals surface area (Å²) in [5.41, 5.74) is 9.43. The molecule has 104 valence electrons. The van der Waals surface area contributed by atoms with E-state index in [-0.39, 0.29) is 52.8 Å². The number of nitrogens with zero attached hydrogens (tertiary/aromatic N) is 1. The average Bonchev–Trinajstić information content (AvgIpc) is 2.59. The van der Waals surface area contributed by atoms with Crippen LogP contribution in [0.15, 0.2) is 30.5 Å². The number of hydrogen-bond acceptors (Lipinski definition) is 1. The molecule has 3 nitrogen and oxygen atoms in total. The monoisotopic (exact) mass is 603 g/mol. The van der Waals surface area contributed by atoms with Crippen molar-refractivity contribution >= 4 is 16.8 Å². The van der Waals surface area contributed by atoms with E-state index in [1.807, 2.05) is 22.9 Å². The largest absolute Gasteiger partial charge is 0.666 e. The molecule has 0 aliphatic rings. The summed E-state index contributed by atoms with van der Waals surface area (Å²) in [7, 11) is 0. The van der Waals surface area contributed by atoms with Crippen molar-refractivity contribution in [3.63, 3.8) is 0 Å². The number of hydrogen-bond donors (Lipinski definition) is 0. The molecule has 0 aliphatic carbocycles. The van der Waals surface area contributed by atoms with Crippen LogP contribution in [0.5, 0.6) is 0 Å². The molecule has 0 saturated heterocycles. The number of amides is 1. The fourth-order valence-corrected chi connectivity index (χ4v) is 1.96. The van der Waals surface area contributed by atoms with Crippen LogP contribution in [0, 0.1) is 0 Å². The minimum absolute atomic E-state index is 0. The standard InChI is InChI=1S/C14H18N2O.2Re/c1-14(2,3)11-4-5-12-10(8-11)6-7-16(12)9-13(15)17;;/h4-8H,9H2,1-3H3,(H2,15,17);;/p-1. The van der Waals surface area contributed by atoms with Gasteiger partial charge in [-0.05, 0) is 34.6 Å². The predicted octanol–water partition coefficient (Wildman–Crippen LogP) is 3.51. The molecule has 0 unspecified atom stereocenters. The fourth-order valence-electron chi connectivity index (χ4n) is 1.96. The maximum Gasteiger partial charge on any atom is 0.0689 e. The van der Waals surface area contributed by atoms with Crippen LogP contribution in [-0.4, -0.2) is 10.5 Å². The Bertz CT molecular complexity index is 570. The van der Waals surface area contributed by atoms with Gasteiger partial charge in [0.1, 0.15) is 0 Å². The summed E-state index contributed by atoms with van der Waals surface area (Å²) in [5, 5.41) is 1.12. The van der Waals surface area contributed by atoms with Crippen molar-refractivity contribution in [1.82, 2.24) is 4.57 Å². The van der Waals surface area contributed by atoms with E-state index in [0.29, 0.717) is 0 Å². The van der Waals surface area contributed by atoms with Crippen molar-refractivity contribution in [1.29, 1.82) is 0 Å². The summed E-state index contributed by atoms with van der Waals surface area (Å²) in [6.07, 6.45) is 1.86. The second-order valence-electron chi connectivity index (χ2n) is 5.39. The molecule has 1 N–H and O–H groups in total. The molecule has 2 aromatic rings. The van der Waals surface area contributed by atoms with Gasteiger partial charge >= 0.3 is 0 Å². The van der Waals surface area contributed by atoms with Crippen molar-refractivity contribution in [3.8, 4) is 0 Å². The SMILES string of the molecule is CC(C)(C)c1ccc2c(ccn2CC([NH-])=O)c1.[Re].[Re]. The first-order chi connectivity index (χ1) is 7.88. The first-order valence-electron chi connectivity index (χ1n) is 5.72. The van der Waals surface area contributed by atoms with Crippen molar-refractivity contribution < 1.29 is 45.6 Å². The molecule has 0 spiro atoms. The maximum atomic E-state index is 10.8. The van der Waals surface area contributed by atoms with Gasteiger partial charge in [0.2, 0.25) is 0 Å². The molecule has 0 saturated carbocycles. The van der Waals surface area contributed by atoms with Gasteiger partial charge in [-0.2, -0.15) is 0 Å². The number of carbonyl (C=O) groups excluding carboxylic acids is 1. The number of carbonyl (C=O) groups is 1. The molecule has 5 heteroatoms. The normalized spacial score (nSPS) is 10.7. The molecule has 1 amide bonds. The first kappa shape index (κ1) is 18.6. The third kappa shape index (κ3) is 4.27. The van der Waals surface area contributed by atoms with Crippen LogP contribution in [0.1, 0.15) is 26.3 Å². The predicted molar refractivity (Wildman–Crippen MR) is 70.0 cm³/mol. The molecule has 2 radical (unpaired) electrons. The molecule has 0 fully saturated rings. The van der Waals surface area contributed by atoms with Crippen molar-refractivity contribution in [2.24, 2.45) is 0 Å². The van der Waals surface area contributed by atoms with E-state index in [9.17, 15) is 4.79 Å². The second-order valence-corrected chi connectivity index (χ2v) is 5.39. The zero-order valence-corrected chi connectivity index (χ0v) is 16.6. The van der Waals surface area contributed by atoms with Gasteiger partial charge in [0.15, 0.2) is 0 Å². The summed E-state index contributed by atoms with van der Waals surface area (Å²) in [6, 6.07) is 8.26. The van der Waals surface area contributed by atoms with Crippen molar-refractivity contribution in [3.05, 3.63) is 41.8 Å². The minimum atomic E-state index is -0.567. The van der Waals surface area contributed by atoms with Gasteiger partial charge in [0.05, 0.1) is 12.5 Å². The Morgan fingerprint density at radius 2 is 1.84 bits per heavy atom. The van der Waals surface area contributed by atoms with Crippen molar-refractivity contribution in [2.45, 2.75) is 32.7 Å². The Labute approximate surface area is 141 Å². The molecule has 19 heavy (non-hydrogen) atoms. The van der Waals surface area contributed by atoms with Crippen LogP contribution < -0.4 is 0 Å². The Morgan fingerprint density at radius 1 is 1.21 bits per heavy atom. The third-order valence-corrected chi connectivity index (χ3v) is 2.95. The number of nitrogens with one attached hydrogen (secondary N) is 1. The fraction of sp³-hybridized carbons (Fsp3) is 0.357. The van der Waals surface area contributed by atoms with Crippen LogP contribution in [0.2, 0.25) is 0 Å². The van der Waals surface area contributed by atoms with Gasteiger partial charge in [0, 0.05) is 52.6 Å². The van der Waals surface area contributed by atoms with Crippen LogP contribution >= 0.6 is 0 Å². The molecule has 1 aromatic carbocycles. The van der Waals surface area contributed by atoms with E-state index < -0.39 is 5.91 Å². The molecular formula is C14H17N2ORe2-. The summed E-state index contributed by atoms with van der Waals surface area (Å²) >= 11 is 0. The number of fused-ring (bicyclic) bond motifs is 1. The van der Waals surface area contributed by atoms with Gasteiger partial charge in [-0.1, -0.05) is 26.8 Å². The zero-order chi connectivity index (χ0) is 12.6. The maximum absolute atomic E-state index is 10.8. The second kappa shape index (κ2) is 6.82. The van der Waals surface area contributed by atoms with E-state index in [4.69, 9.17) is 5.73 Å². The summed E-state index contributed by atoms with van der Waals surface area (Å²) in [6.45, 7) is 6.66. The van der Waals surface area contributed by atoms with E-state index in [0.717, 1.165) is 10.9 Å². The van der Waals surface area contributed by atoms with E-state index in [1.165, 1.54) is 5.56 Å². The summed E-state index contributed by atoms with van der Waals surface area (Å²) in [4.78, 5) is 10.8. The quantitative estimate of drug-likeness (QED) is 0.520. The van der Waals surface area contributed by atoms with E-state index in [1.54, 1.807) is 0 Å². The topological polar surface area (TPSA) is 45.8 Å². The molecule has 0 aliphatic heterocycles.